The van der Waals surface area contributed by atoms with Crippen molar-refractivity contribution >= 4 is 16.0 Å². The Bertz CT molecular complexity index is 903. The maximum Gasteiger partial charge on any atom is 0.313 e. The molecule has 4 atom stereocenters. The molecule has 0 amide bonds. The van der Waals surface area contributed by atoms with Gasteiger partial charge in [0.25, 0.3) is 0 Å². The summed E-state index contributed by atoms with van der Waals surface area (Å²) in [4.78, 5) is 12.8. The third kappa shape index (κ3) is 3.57. The second-order valence-electron chi connectivity index (χ2n) is 6.88. The molecule has 3 rings (SSSR count). The molecule has 6 nitrogen and oxygen atoms in total. The fraction of sp³-hybridized carbons (Fsp3) is 0.381. The molecule has 1 saturated heterocycles. The molecule has 0 spiro atoms. The average molecular weight is 404 g/mol. The van der Waals surface area contributed by atoms with Crippen molar-refractivity contribution < 1.29 is 22.7 Å². The van der Waals surface area contributed by atoms with Crippen molar-refractivity contribution in [2.24, 2.45) is 5.92 Å². The van der Waals surface area contributed by atoms with Gasteiger partial charge in [0.1, 0.15) is 5.92 Å². The Hall–Kier alpha value is -2.22. The van der Waals surface area contributed by atoms with Crippen molar-refractivity contribution in [1.82, 2.24) is 4.31 Å². The molecule has 0 radical (unpaired) electrons. The van der Waals surface area contributed by atoms with Crippen molar-refractivity contribution in [2.45, 2.75) is 37.0 Å². The summed E-state index contributed by atoms with van der Waals surface area (Å²) in [5, 5.41) is 0. The van der Waals surface area contributed by atoms with Crippen molar-refractivity contribution in [3.8, 4) is 0 Å². The van der Waals surface area contributed by atoms with E-state index in [-0.39, 0.29) is 18.0 Å². The molecule has 1 fully saturated rings. The summed E-state index contributed by atoms with van der Waals surface area (Å²) >= 11 is 0. The van der Waals surface area contributed by atoms with Crippen LogP contribution < -0.4 is 0 Å². The number of carbonyl (C=O) groups is 1. The van der Waals surface area contributed by atoms with Gasteiger partial charge in [0.05, 0.1) is 29.8 Å². The Balaban J connectivity index is 2.09. The maximum absolute atomic E-state index is 13.5. The van der Waals surface area contributed by atoms with E-state index in [2.05, 4.69) is 13.2 Å². The number of carbonyl (C=O) groups excluding carboxylic acids is 1. The van der Waals surface area contributed by atoms with Gasteiger partial charge < -0.3 is 9.47 Å². The van der Waals surface area contributed by atoms with Gasteiger partial charge in [-0.15, -0.1) is 6.58 Å². The van der Waals surface area contributed by atoms with E-state index in [9.17, 15) is 13.2 Å². The number of ether oxygens (including phenoxy) is 2. The Morgan fingerprint density at radius 2 is 2.00 bits per heavy atom. The highest BCUT2D eigenvalue weighted by atomic mass is 32.2. The number of esters is 1. The first-order valence-electron chi connectivity index (χ1n) is 9.19. The second-order valence-corrected chi connectivity index (χ2v) is 8.77. The van der Waals surface area contributed by atoms with Crippen molar-refractivity contribution in [3.05, 3.63) is 66.8 Å². The quantitative estimate of drug-likeness (QED) is 0.539. The lowest BCUT2D eigenvalue weighted by molar-refractivity contribution is -0.150. The van der Waals surface area contributed by atoms with E-state index in [0.717, 1.165) is 11.1 Å². The summed E-state index contributed by atoms with van der Waals surface area (Å²) in [6.45, 7) is 11.4. The van der Waals surface area contributed by atoms with Crippen LogP contribution in [0.2, 0.25) is 0 Å². The lowest BCUT2D eigenvalue weighted by atomic mass is 9.90. The molecule has 0 unspecified atom stereocenters. The molecule has 7 heteroatoms. The van der Waals surface area contributed by atoms with Crippen LogP contribution in [0, 0.1) is 12.8 Å². The Morgan fingerprint density at radius 1 is 1.32 bits per heavy atom. The molecule has 0 aliphatic carbocycles. The van der Waals surface area contributed by atoms with Gasteiger partial charge in [-0.3, -0.25) is 4.79 Å². The zero-order valence-electron chi connectivity index (χ0n) is 16.1. The van der Waals surface area contributed by atoms with Crippen LogP contribution in [0.15, 0.2) is 66.1 Å². The molecule has 0 aromatic heterocycles. The minimum Gasteiger partial charge on any atom is -0.466 e. The lowest BCUT2D eigenvalue weighted by Gasteiger charge is -2.36. The molecule has 150 valence electrons. The number of hydrogen-bond donors (Lipinski definition) is 0. The largest absolute Gasteiger partial charge is 0.466 e. The van der Waals surface area contributed by atoms with Crippen LogP contribution in [0.3, 0.4) is 0 Å². The number of hydrogen-bond acceptors (Lipinski definition) is 5. The number of benzene rings is 1. The van der Waals surface area contributed by atoms with Gasteiger partial charge in [0, 0.05) is 6.54 Å². The van der Waals surface area contributed by atoms with Crippen molar-refractivity contribution in [1.29, 1.82) is 0 Å². The zero-order chi connectivity index (χ0) is 20.5. The Labute approximate surface area is 166 Å². The van der Waals surface area contributed by atoms with E-state index in [1.165, 1.54) is 10.4 Å². The molecular formula is C21H25NO5S. The van der Waals surface area contributed by atoms with Gasteiger partial charge in [-0.1, -0.05) is 36.4 Å². The highest BCUT2D eigenvalue weighted by molar-refractivity contribution is 7.89. The molecule has 1 aromatic carbocycles. The Kier molecular flexibility index (Phi) is 5.88. The number of aryl methyl sites for hydroxylation is 1. The maximum atomic E-state index is 13.5. The smallest absolute Gasteiger partial charge is 0.313 e. The van der Waals surface area contributed by atoms with Crippen molar-refractivity contribution in [3.63, 3.8) is 0 Å². The standard InChI is InChI=1S/C21H25NO5S/c1-5-15-12-18-20(19(17(6-2)27-18)21(23)26-7-3)22(13-15)28(24,25)16-10-8-14(4)9-11-16/h5-6,8-12,17-20H,1-2,7,13H2,3-4H3/t17-,18+,19-,20+/m1/s1. The van der Waals surface area contributed by atoms with Crippen LogP contribution in [-0.4, -0.2) is 50.1 Å². The van der Waals surface area contributed by atoms with E-state index in [1.807, 2.05) is 13.0 Å². The first-order valence-corrected chi connectivity index (χ1v) is 10.6. The van der Waals surface area contributed by atoms with Crippen LogP contribution in [0.5, 0.6) is 0 Å². The summed E-state index contributed by atoms with van der Waals surface area (Å²) < 4.78 is 39.4. The Morgan fingerprint density at radius 3 is 2.57 bits per heavy atom. The molecule has 2 heterocycles. The molecule has 2 aliphatic heterocycles. The number of sulfonamides is 1. The number of rotatable bonds is 6. The number of nitrogens with zero attached hydrogens (tertiary/aromatic N) is 1. The number of fused-ring (bicyclic) bond motifs is 1. The van der Waals surface area contributed by atoms with Gasteiger partial charge in [-0.2, -0.15) is 4.31 Å². The van der Waals surface area contributed by atoms with E-state index in [0.29, 0.717) is 0 Å². The second kappa shape index (κ2) is 8.03. The summed E-state index contributed by atoms with van der Waals surface area (Å²) in [5.41, 5.74) is 1.69. The van der Waals surface area contributed by atoms with Gasteiger partial charge in [0.15, 0.2) is 0 Å². The average Bonchev–Trinajstić information content (AvgIpc) is 3.06. The van der Waals surface area contributed by atoms with Gasteiger partial charge in [0.2, 0.25) is 10.0 Å². The van der Waals surface area contributed by atoms with Crippen molar-refractivity contribution in [2.75, 3.05) is 13.2 Å². The van der Waals surface area contributed by atoms with Crippen LogP contribution >= 0.6 is 0 Å². The summed E-state index contributed by atoms with van der Waals surface area (Å²) in [5.74, 6) is -1.27. The molecule has 0 saturated carbocycles. The third-order valence-electron chi connectivity index (χ3n) is 5.10. The van der Waals surface area contributed by atoms with Crippen LogP contribution in [0.4, 0.5) is 0 Å². The zero-order valence-corrected chi connectivity index (χ0v) is 16.9. The van der Waals surface area contributed by atoms with E-state index >= 15 is 0 Å². The molecule has 0 bridgehead atoms. The van der Waals surface area contributed by atoms with E-state index in [1.54, 1.807) is 37.3 Å². The molecule has 0 N–H and O–H groups in total. The van der Waals surface area contributed by atoms with Crippen LogP contribution in [0.25, 0.3) is 0 Å². The minimum absolute atomic E-state index is 0.115. The summed E-state index contributed by atoms with van der Waals surface area (Å²) in [6, 6.07) is 5.94. The van der Waals surface area contributed by atoms with E-state index < -0.39 is 40.2 Å². The summed E-state index contributed by atoms with van der Waals surface area (Å²) in [7, 11) is -3.87. The molecule has 28 heavy (non-hydrogen) atoms. The van der Waals surface area contributed by atoms with Gasteiger partial charge in [-0.05, 0) is 37.6 Å². The molecule has 1 aromatic rings. The SMILES string of the molecule is C=CC1=C[C@@H]2O[C@H](C=C)[C@@H](C(=O)OCC)[C@H]2N(S(=O)(=O)c2ccc(C)cc2)C1. The highest BCUT2D eigenvalue weighted by Crippen LogP contribution is 2.39. The van der Waals surface area contributed by atoms with Crippen LogP contribution in [0.1, 0.15) is 12.5 Å². The molecular weight excluding hydrogens is 378 g/mol. The summed E-state index contributed by atoms with van der Waals surface area (Å²) in [6.07, 6.45) is 3.74. The van der Waals surface area contributed by atoms with Gasteiger partial charge in [-0.25, -0.2) is 8.42 Å². The topological polar surface area (TPSA) is 72.9 Å². The predicted octanol–water partition coefficient (Wildman–Crippen LogP) is 2.61. The third-order valence-corrected chi connectivity index (χ3v) is 6.96. The fourth-order valence-electron chi connectivity index (χ4n) is 3.71. The minimum atomic E-state index is -3.87. The first kappa shape index (κ1) is 20.5. The fourth-order valence-corrected chi connectivity index (χ4v) is 5.35. The monoisotopic (exact) mass is 403 g/mol. The first-order chi connectivity index (χ1) is 13.3. The molecule has 2 aliphatic rings. The normalized spacial score (nSPS) is 27.6. The predicted molar refractivity (Wildman–Crippen MR) is 106 cm³/mol. The lowest BCUT2D eigenvalue weighted by Crippen LogP contribution is -2.53. The highest BCUT2D eigenvalue weighted by Gasteiger charge is 2.54. The van der Waals surface area contributed by atoms with Gasteiger partial charge >= 0.3 is 5.97 Å². The van der Waals surface area contributed by atoms with Crippen LogP contribution in [-0.2, 0) is 24.3 Å². The van der Waals surface area contributed by atoms with E-state index in [4.69, 9.17) is 9.47 Å².